The number of rotatable bonds is 9. The predicted molar refractivity (Wildman–Crippen MR) is 144 cm³/mol. The van der Waals surface area contributed by atoms with Crippen molar-refractivity contribution in [3.63, 3.8) is 0 Å². The summed E-state index contributed by atoms with van der Waals surface area (Å²) in [5.74, 6) is 1.38. The van der Waals surface area contributed by atoms with E-state index in [2.05, 4.69) is 26.5 Å². The van der Waals surface area contributed by atoms with Gasteiger partial charge in [0.25, 0.3) is 0 Å². The van der Waals surface area contributed by atoms with E-state index in [1.807, 2.05) is 19.1 Å². The Bertz CT molecular complexity index is 1440. The summed E-state index contributed by atoms with van der Waals surface area (Å²) >= 11 is 15.5. The van der Waals surface area contributed by atoms with Gasteiger partial charge in [-0.25, -0.2) is 5.43 Å². The fourth-order valence-electron chi connectivity index (χ4n) is 3.32. The van der Waals surface area contributed by atoms with Crippen LogP contribution < -0.4 is 19.6 Å². The first-order valence-corrected chi connectivity index (χ1v) is 12.4. The van der Waals surface area contributed by atoms with E-state index in [9.17, 15) is 4.79 Å². The summed E-state index contributed by atoms with van der Waals surface area (Å²) in [5, 5.41) is 5.75. The van der Waals surface area contributed by atoms with Crippen LogP contribution in [0.2, 0.25) is 10.0 Å². The van der Waals surface area contributed by atoms with E-state index in [1.54, 1.807) is 42.5 Å². The number of benzene rings is 3. The Kier molecular flexibility index (Phi) is 8.40. The number of nitrogens with one attached hydrogen (secondary N) is 1. The topological polar surface area (TPSA) is 82.3 Å². The van der Waals surface area contributed by atoms with Crippen molar-refractivity contribution in [1.82, 2.24) is 5.43 Å². The standard InChI is InChI=1S/C26H21BrCl2N2O5/c1-3-34-18-5-7-22-16(9-18)10-25(36-22)26(32)31-30-13-17-11-23(33-2)24(12-19(17)27)35-14-15-4-6-20(28)21(29)8-15/h4-13H,3,14H2,1-2H3,(H,31,32)/b30-13+. The number of amides is 1. The minimum Gasteiger partial charge on any atom is -0.494 e. The number of hydrazone groups is 1. The Hall–Kier alpha value is -3.20. The van der Waals surface area contributed by atoms with Crippen LogP contribution in [0.3, 0.4) is 0 Å². The molecular weight excluding hydrogens is 571 g/mol. The first-order valence-electron chi connectivity index (χ1n) is 10.8. The Balaban J connectivity index is 1.43. The third-order valence-corrected chi connectivity index (χ3v) is 6.48. The molecular formula is C26H21BrCl2N2O5. The molecule has 1 heterocycles. The van der Waals surface area contributed by atoms with Crippen LogP contribution in [-0.4, -0.2) is 25.8 Å². The van der Waals surface area contributed by atoms with Gasteiger partial charge in [0.1, 0.15) is 17.9 Å². The predicted octanol–water partition coefficient (Wildman–Crippen LogP) is 7.25. The molecule has 0 saturated carbocycles. The Morgan fingerprint density at radius 1 is 1.06 bits per heavy atom. The molecule has 0 aliphatic carbocycles. The van der Waals surface area contributed by atoms with E-state index < -0.39 is 5.91 Å². The van der Waals surface area contributed by atoms with E-state index in [0.717, 1.165) is 10.9 Å². The minimum atomic E-state index is -0.481. The molecule has 0 saturated heterocycles. The molecule has 1 N–H and O–H groups in total. The van der Waals surface area contributed by atoms with Crippen molar-refractivity contribution >= 4 is 62.2 Å². The second-order valence-electron chi connectivity index (χ2n) is 7.50. The van der Waals surface area contributed by atoms with Gasteiger partial charge >= 0.3 is 5.91 Å². The van der Waals surface area contributed by atoms with Gasteiger partial charge in [-0.3, -0.25) is 4.79 Å². The van der Waals surface area contributed by atoms with Crippen molar-refractivity contribution in [3.05, 3.63) is 86.0 Å². The third-order valence-electron chi connectivity index (χ3n) is 5.05. The average molecular weight is 592 g/mol. The molecule has 0 aliphatic rings. The van der Waals surface area contributed by atoms with Crippen molar-refractivity contribution in [1.29, 1.82) is 0 Å². The highest BCUT2D eigenvalue weighted by atomic mass is 79.9. The van der Waals surface area contributed by atoms with Crippen molar-refractivity contribution < 1.29 is 23.4 Å². The molecule has 0 radical (unpaired) electrons. The van der Waals surface area contributed by atoms with Crippen LogP contribution in [0.25, 0.3) is 11.0 Å². The van der Waals surface area contributed by atoms with Gasteiger partial charge in [-0.2, -0.15) is 5.10 Å². The number of carbonyl (C=O) groups is 1. The fourth-order valence-corrected chi connectivity index (χ4v) is 4.06. The summed E-state index contributed by atoms with van der Waals surface area (Å²) < 4.78 is 23.2. The van der Waals surface area contributed by atoms with Gasteiger partial charge < -0.3 is 18.6 Å². The maximum absolute atomic E-state index is 12.5. The van der Waals surface area contributed by atoms with E-state index in [-0.39, 0.29) is 12.4 Å². The van der Waals surface area contributed by atoms with Crippen LogP contribution in [0, 0.1) is 0 Å². The van der Waals surface area contributed by atoms with Crippen LogP contribution in [0.4, 0.5) is 0 Å². The van der Waals surface area contributed by atoms with E-state index >= 15 is 0 Å². The Morgan fingerprint density at radius 3 is 2.64 bits per heavy atom. The zero-order valence-corrected chi connectivity index (χ0v) is 22.4. The minimum absolute atomic E-state index is 0.137. The number of furan rings is 1. The molecule has 4 aromatic rings. The molecule has 4 rings (SSSR count). The summed E-state index contributed by atoms with van der Waals surface area (Å²) in [6, 6.07) is 15.8. The fraction of sp³-hybridized carbons (Fsp3) is 0.154. The molecule has 0 spiro atoms. The smallest absolute Gasteiger partial charge is 0.307 e. The van der Waals surface area contributed by atoms with Crippen LogP contribution in [0.15, 0.2) is 68.6 Å². The van der Waals surface area contributed by atoms with Crippen molar-refractivity contribution in [3.8, 4) is 17.2 Å². The number of hydrogen-bond donors (Lipinski definition) is 1. The number of hydrogen-bond acceptors (Lipinski definition) is 6. The van der Waals surface area contributed by atoms with Gasteiger partial charge in [-0.05, 0) is 76.9 Å². The molecule has 0 unspecified atom stereocenters. The average Bonchev–Trinajstić information content (AvgIpc) is 3.29. The highest BCUT2D eigenvalue weighted by Gasteiger charge is 2.13. The highest BCUT2D eigenvalue weighted by Crippen LogP contribution is 2.34. The third kappa shape index (κ3) is 6.13. The number of halogens is 3. The summed E-state index contributed by atoms with van der Waals surface area (Å²) in [6.45, 7) is 2.73. The zero-order valence-electron chi connectivity index (χ0n) is 19.3. The van der Waals surface area contributed by atoms with E-state index in [1.165, 1.54) is 13.3 Å². The molecule has 1 aromatic heterocycles. The first-order chi connectivity index (χ1) is 17.4. The Labute approximate surface area is 226 Å². The molecule has 36 heavy (non-hydrogen) atoms. The second-order valence-corrected chi connectivity index (χ2v) is 9.17. The number of ether oxygens (including phenoxy) is 3. The lowest BCUT2D eigenvalue weighted by Crippen LogP contribution is -2.16. The van der Waals surface area contributed by atoms with Gasteiger partial charge in [0.05, 0.1) is 30.0 Å². The second kappa shape index (κ2) is 11.7. The van der Waals surface area contributed by atoms with Gasteiger partial charge in [0.15, 0.2) is 17.3 Å². The maximum atomic E-state index is 12.5. The summed E-state index contributed by atoms with van der Waals surface area (Å²) in [5.41, 5.74) is 4.58. The first kappa shape index (κ1) is 25.9. The quantitative estimate of drug-likeness (QED) is 0.164. The molecule has 186 valence electrons. The monoisotopic (exact) mass is 590 g/mol. The van der Waals surface area contributed by atoms with Gasteiger partial charge in [0, 0.05) is 15.4 Å². The van der Waals surface area contributed by atoms with Crippen LogP contribution in [0.1, 0.15) is 28.6 Å². The molecule has 0 aliphatic heterocycles. The molecule has 10 heteroatoms. The molecule has 7 nitrogen and oxygen atoms in total. The lowest BCUT2D eigenvalue weighted by atomic mass is 10.2. The van der Waals surface area contributed by atoms with Crippen molar-refractivity contribution in [2.75, 3.05) is 13.7 Å². The molecule has 1 amide bonds. The van der Waals surface area contributed by atoms with Crippen molar-refractivity contribution in [2.45, 2.75) is 13.5 Å². The lowest BCUT2D eigenvalue weighted by Gasteiger charge is -2.13. The molecule has 3 aromatic carbocycles. The summed E-state index contributed by atoms with van der Waals surface area (Å²) in [6.07, 6.45) is 1.49. The lowest BCUT2D eigenvalue weighted by molar-refractivity contribution is 0.0929. The summed E-state index contributed by atoms with van der Waals surface area (Å²) in [4.78, 5) is 12.5. The van der Waals surface area contributed by atoms with Gasteiger partial charge in [-0.15, -0.1) is 0 Å². The summed E-state index contributed by atoms with van der Waals surface area (Å²) in [7, 11) is 1.54. The number of carbonyl (C=O) groups excluding carboxylic acids is 1. The maximum Gasteiger partial charge on any atom is 0.307 e. The van der Waals surface area contributed by atoms with Gasteiger partial charge in [0.2, 0.25) is 0 Å². The normalized spacial score (nSPS) is 11.1. The van der Waals surface area contributed by atoms with E-state index in [4.69, 9.17) is 41.8 Å². The molecule has 0 fully saturated rings. The SMILES string of the molecule is CCOc1ccc2oc(C(=O)N/N=C/c3cc(OC)c(OCc4ccc(Cl)c(Cl)c4)cc3Br)cc2c1. The van der Waals surface area contributed by atoms with Crippen molar-refractivity contribution in [2.24, 2.45) is 5.10 Å². The molecule has 0 bridgehead atoms. The van der Waals surface area contributed by atoms with Crippen LogP contribution in [0.5, 0.6) is 17.2 Å². The van der Waals surface area contributed by atoms with Crippen LogP contribution in [-0.2, 0) is 6.61 Å². The number of nitrogens with zero attached hydrogens (tertiary/aromatic N) is 1. The molecule has 0 atom stereocenters. The Morgan fingerprint density at radius 2 is 1.89 bits per heavy atom. The van der Waals surface area contributed by atoms with E-state index in [0.29, 0.717) is 49.5 Å². The van der Waals surface area contributed by atoms with Crippen LogP contribution >= 0.6 is 39.1 Å². The largest absolute Gasteiger partial charge is 0.494 e. The number of methoxy groups -OCH3 is 1. The zero-order chi connectivity index (χ0) is 25.7. The number of fused-ring (bicyclic) bond motifs is 1. The highest BCUT2D eigenvalue weighted by molar-refractivity contribution is 9.10. The van der Waals surface area contributed by atoms with Gasteiger partial charge in [-0.1, -0.05) is 29.3 Å².